The topological polar surface area (TPSA) is 145 Å². The summed E-state index contributed by atoms with van der Waals surface area (Å²) in [6.45, 7) is 4.33. The summed E-state index contributed by atoms with van der Waals surface area (Å²) in [6, 6.07) is 16.4. The molecule has 194 valence electrons. The quantitative estimate of drug-likeness (QED) is 0.356. The Labute approximate surface area is 215 Å². The van der Waals surface area contributed by atoms with Crippen LogP contribution in [0.4, 0.5) is 11.6 Å². The summed E-state index contributed by atoms with van der Waals surface area (Å²) in [5, 5.41) is 11.7. The molecule has 2 heterocycles. The Hall–Kier alpha value is -4.03. The predicted molar refractivity (Wildman–Crippen MR) is 138 cm³/mol. The lowest BCUT2D eigenvalue weighted by Crippen LogP contribution is -2.52. The van der Waals surface area contributed by atoms with Crippen molar-refractivity contribution in [1.82, 2.24) is 20.0 Å². The van der Waals surface area contributed by atoms with E-state index in [4.69, 9.17) is 0 Å². The third-order valence-electron chi connectivity index (χ3n) is 5.97. The lowest BCUT2D eigenvalue weighted by atomic mass is 10.1. The van der Waals surface area contributed by atoms with Crippen molar-refractivity contribution in [2.45, 2.75) is 30.4 Å². The van der Waals surface area contributed by atoms with Gasteiger partial charge in [0.25, 0.3) is 5.91 Å². The Morgan fingerprint density at radius 2 is 1.70 bits per heavy atom. The molecular weight excluding hydrogens is 496 g/mol. The third-order valence-corrected chi connectivity index (χ3v) is 7.45. The number of rotatable bonds is 9. The van der Waals surface area contributed by atoms with E-state index in [1.165, 1.54) is 12.1 Å². The molecule has 0 saturated carbocycles. The van der Waals surface area contributed by atoms with Crippen molar-refractivity contribution >= 4 is 33.5 Å². The molecule has 3 N–H and O–H groups in total. The standard InChI is InChI=1S/C25H28N6O5S/c1-18-17-30(14-15-31(18)25-26-12-5-13-27-25)20-10-8-19(9-11-20)24(34)28-22(16-23(32)33)29-37(35,36)21-6-3-2-4-7-21/h2-13,18,22,29H,14-17H2,1H3,(H,28,34)(H,32,33). The summed E-state index contributed by atoms with van der Waals surface area (Å²) in [6.07, 6.45) is 1.49. The minimum absolute atomic E-state index is 0.0304. The van der Waals surface area contributed by atoms with Gasteiger partial charge in [-0.15, -0.1) is 0 Å². The predicted octanol–water partition coefficient (Wildman–Crippen LogP) is 1.70. The first-order valence-electron chi connectivity index (χ1n) is 11.7. The highest BCUT2D eigenvalue weighted by Gasteiger charge is 2.27. The highest BCUT2D eigenvalue weighted by Crippen LogP contribution is 2.22. The van der Waals surface area contributed by atoms with E-state index in [-0.39, 0.29) is 16.5 Å². The van der Waals surface area contributed by atoms with Crippen LogP contribution in [-0.2, 0) is 14.8 Å². The minimum Gasteiger partial charge on any atom is -0.481 e. The molecule has 12 heteroatoms. The van der Waals surface area contributed by atoms with Crippen LogP contribution in [-0.4, -0.2) is 67.2 Å². The smallest absolute Gasteiger partial charge is 0.306 e. The van der Waals surface area contributed by atoms with Gasteiger partial charge < -0.3 is 20.2 Å². The summed E-state index contributed by atoms with van der Waals surface area (Å²) < 4.78 is 27.5. The van der Waals surface area contributed by atoms with Crippen molar-refractivity contribution in [1.29, 1.82) is 0 Å². The molecule has 1 amide bonds. The van der Waals surface area contributed by atoms with Crippen molar-refractivity contribution in [3.63, 3.8) is 0 Å². The van der Waals surface area contributed by atoms with Crippen LogP contribution >= 0.6 is 0 Å². The number of sulfonamides is 1. The Kier molecular flexibility index (Phi) is 7.99. The lowest BCUT2D eigenvalue weighted by Gasteiger charge is -2.41. The minimum atomic E-state index is -4.03. The van der Waals surface area contributed by atoms with Crippen LogP contribution in [0.1, 0.15) is 23.7 Å². The number of carboxylic acid groups (broad SMARTS) is 1. The van der Waals surface area contributed by atoms with Gasteiger partial charge in [0, 0.05) is 49.3 Å². The zero-order valence-corrected chi connectivity index (χ0v) is 21.0. The second-order valence-corrected chi connectivity index (χ2v) is 10.4. The van der Waals surface area contributed by atoms with Crippen LogP contribution in [0.25, 0.3) is 0 Å². The van der Waals surface area contributed by atoms with E-state index in [2.05, 4.69) is 36.7 Å². The fourth-order valence-electron chi connectivity index (χ4n) is 4.15. The normalized spacial score (nSPS) is 16.7. The number of nitrogens with one attached hydrogen (secondary N) is 2. The number of amides is 1. The Balaban J connectivity index is 1.40. The van der Waals surface area contributed by atoms with Gasteiger partial charge in [-0.05, 0) is 49.4 Å². The van der Waals surface area contributed by atoms with Crippen LogP contribution in [0.2, 0.25) is 0 Å². The van der Waals surface area contributed by atoms with Gasteiger partial charge in [-0.2, -0.15) is 4.72 Å². The molecular formula is C25H28N6O5S. The molecule has 2 aromatic carbocycles. The van der Waals surface area contributed by atoms with Crippen molar-refractivity contribution in [2.24, 2.45) is 0 Å². The molecule has 4 rings (SSSR count). The van der Waals surface area contributed by atoms with Gasteiger partial charge in [0.2, 0.25) is 16.0 Å². The summed E-state index contributed by atoms with van der Waals surface area (Å²) in [5.74, 6) is -1.15. The first-order valence-corrected chi connectivity index (χ1v) is 13.2. The number of piperazine rings is 1. The fraction of sp³-hybridized carbons (Fsp3) is 0.280. The molecule has 1 saturated heterocycles. The van der Waals surface area contributed by atoms with Crippen LogP contribution in [0, 0.1) is 0 Å². The number of carboxylic acids is 1. The molecule has 0 spiro atoms. The number of aliphatic carboxylic acids is 1. The zero-order chi connectivity index (χ0) is 26.4. The summed E-state index contributed by atoms with van der Waals surface area (Å²) in [7, 11) is -4.03. The second kappa shape index (κ2) is 11.4. The number of hydrogen-bond donors (Lipinski definition) is 3. The van der Waals surface area contributed by atoms with Crippen LogP contribution in [0.3, 0.4) is 0 Å². The molecule has 0 aliphatic carbocycles. The highest BCUT2D eigenvalue weighted by molar-refractivity contribution is 7.89. The van der Waals surface area contributed by atoms with Gasteiger partial charge in [0.15, 0.2) is 0 Å². The molecule has 0 radical (unpaired) electrons. The number of hydrogen-bond acceptors (Lipinski definition) is 8. The highest BCUT2D eigenvalue weighted by atomic mass is 32.2. The third kappa shape index (κ3) is 6.60. The van der Waals surface area contributed by atoms with E-state index in [9.17, 15) is 23.1 Å². The van der Waals surface area contributed by atoms with E-state index in [0.717, 1.165) is 25.3 Å². The van der Waals surface area contributed by atoms with Crippen LogP contribution in [0.5, 0.6) is 0 Å². The van der Waals surface area contributed by atoms with Crippen molar-refractivity contribution in [3.8, 4) is 0 Å². The van der Waals surface area contributed by atoms with Gasteiger partial charge in [0.1, 0.15) is 6.17 Å². The molecule has 3 aromatic rings. The van der Waals surface area contributed by atoms with Crippen LogP contribution < -0.4 is 19.8 Å². The van der Waals surface area contributed by atoms with Crippen LogP contribution in [0.15, 0.2) is 78.0 Å². The summed E-state index contributed by atoms with van der Waals surface area (Å²) >= 11 is 0. The maximum absolute atomic E-state index is 12.8. The van der Waals surface area contributed by atoms with E-state index in [0.29, 0.717) is 5.95 Å². The van der Waals surface area contributed by atoms with Gasteiger partial charge >= 0.3 is 5.97 Å². The Morgan fingerprint density at radius 3 is 2.32 bits per heavy atom. The maximum Gasteiger partial charge on any atom is 0.306 e. The lowest BCUT2D eigenvalue weighted by molar-refractivity contribution is -0.137. The average Bonchev–Trinajstić information content (AvgIpc) is 2.89. The number of aromatic nitrogens is 2. The maximum atomic E-state index is 12.8. The molecule has 1 fully saturated rings. The zero-order valence-electron chi connectivity index (χ0n) is 20.2. The van der Waals surface area contributed by atoms with E-state index >= 15 is 0 Å². The number of nitrogens with zero attached hydrogens (tertiary/aromatic N) is 4. The number of anilines is 2. The van der Waals surface area contributed by atoms with Crippen molar-refractivity contribution in [3.05, 3.63) is 78.6 Å². The van der Waals surface area contributed by atoms with Gasteiger partial charge in [-0.25, -0.2) is 18.4 Å². The molecule has 1 aliphatic rings. The second-order valence-electron chi connectivity index (χ2n) is 8.64. The molecule has 37 heavy (non-hydrogen) atoms. The van der Waals surface area contributed by atoms with Gasteiger partial charge in [-0.3, -0.25) is 9.59 Å². The molecule has 1 aromatic heterocycles. The van der Waals surface area contributed by atoms with E-state index < -0.39 is 34.5 Å². The van der Waals surface area contributed by atoms with Crippen molar-refractivity contribution < 1.29 is 23.1 Å². The molecule has 0 bridgehead atoms. The molecule has 11 nitrogen and oxygen atoms in total. The Bertz CT molecular complexity index is 1320. The number of carbonyl (C=O) groups excluding carboxylic acids is 1. The average molecular weight is 525 g/mol. The monoisotopic (exact) mass is 524 g/mol. The van der Waals surface area contributed by atoms with Crippen molar-refractivity contribution in [2.75, 3.05) is 29.4 Å². The fourth-order valence-corrected chi connectivity index (χ4v) is 5.31. The first kappa shape index (κ1) is 26.0. The summed E-state index contributed by atoms with van der Waals surface area (Å²) in [5.41, 5.74) is 1.21. The van der Waals surface area contributed by atoms with Gasteiger partial charge in [-0.1, -0.05) is 18.2 Å². The van der Waals surface area contributed by atoms with Gasteiger partial charge in [0.05, 0.1) is 11.3 Å². The number of benzene rings is 2. The largest absolute Gasteiger partial charge is 0.481 e. The molecule has 1 aliphatic heterocycles. The molecule has 2 unspecified atom stereocenters. The number of carbonyl (C=O) groups is 2. The SMILES string of the molecule is CC1CN(c2ccc(C(=O)NC(CC(=O)O)NS(=O)(=O)c3ccccc3)cc2)CCN1c1ncccn1. The first-order chi connectivity index (χ1) is 17.7. The Morgan fingerprint density at radius 1 is 1.03 bits per heavy atom. The van der Waals surface area contributed by atoms with E-state index in [1.54, 1.807) is 48.8 Å². The summed E-state index contributed by atoms with van der Waals surface area (Å²) in [4.78, 5) is 37.1. The molecule has 2 atom stereocenters. The van der Waals surface area contributed by atoms with E-state index in [1.807, 2.05) is 12.1 Å².